The third-order valence-electron chi connectivity index (χ3n) is 4.58. The lowest BCUT2D eigenvalue weighted by Crippen LogP contribution is -2.35. The minimum absolute atomic E-state index is 0.00304. The summed E-state index contributed by atoms with van der Waals surface area (Å²) in [6.07, 6.45) is 3.61. The molecule has 6 nitrogen and oxygen atoms in total. The van der Waals surface area contributed by atoms with Gasteiger partial charge in [0.1, 0.15) is 0 Å². The van der Waals surface area contributed by atoms with Gasteiger partial charge < -0.3 is 10.6 Å². The van der Waals surface area contributed by atoms with E-state index < -0.39 is 9.84 Å². The zero-order chi connectivity index (χ0) is 19.7. The van der Waals surface area contributed by atoms with Crippen molar-refractivity contribution in [2.24, 2.45) is 0 Å². The second-order valence-corrected chi connectivity index (χ2v) is 10.2. The van der Waals surface area contributed by atoms with E-state index in [2.05, 4.69) is 42.5 Å². The normalized spacial score (nSPS) is 18.9. The van der Waals surface area contributed by atoms with Gasteiger partial charge in [-0.15, -0.1) is 0 Å². The molecule has 1 aromatic carbocycles. The van der Waals surface area contributed by atoms with Crippen LogP contribution in [0.1, 0.15) is 43.1 Å². The van der Waals surface area contributed by atoms with E-state index >= 15 is 0 Å². The Hall–Kier alpha value is -2.41. The molecule has 0 saturated carbocycles. The predicted octanol–water partition coefficient (Wildman–Crippen LogP) is 3.04. The number of amides is 1. The molecule has 0 spiro atoms. The van der Waals surface area contributed by atoms with Crippen molar-refractivity contribution >= 4 is 27.1 Å². The number of para-hydroxylation sites is 1. The van der Waals surface area contributed by atoms with E-state index in [1.807, 2.05) is 18.2 Å². The largest absolute Gasteiger partial charge is 0.354 e. The monoisotopic (exact) mass is 387 g/mol. The van der Waals surface area contributed by atoms with Crippen LogP contribution in [0.4, 0.5) is 11.4 Å². The van der Waals surface area contributed by atoms with Crippen molar-refractivity contribution in [2.45, 2.75) is 38.6 Å². The summed E-state index contributed by atoms with van der Waals surface area (Å²) in [7, 11) is -3.03. The number of benzene rings is 1. The lowest BCUT2D eigenvalue weighted by atomic mass is 9.86. The van der Waals surface area contributed by atoms with Gasteiger partial charge in [0.2, 0.25) is 0 Å². The average molecular weight is 388 g/mol. The molecule has 0 aliphatic carbocycles. The first-order chi connectivity index (χ1) is 12.6. The molecule has 144 valence electrons. The van der Waals surface area contributed by atoms with Gasteiger partial charge in [-0.05, 0) is 29.5 Å². The minimum Gasteiger partial charge on any atom is -0.354 e. The smallest absolute Gasteiger partial charge is 0.253 e. The average Bonchev–Trinajstić information content (AvgIpc) is 2.93. The van der Waals surface area contributed by atoms with Gasteiger partial charge in [-0.1, -0.05) is 39.0 Å². The molecule has 7 heteroatoms. The number of nitrogens with one attached hydrogen (secondary N) is 2. The van der Waals surface area contributed by atoms with Crippen LogP contribution in [-0.2, 0) is 15.3 Å². The maximum Gasteiger partial charge on any atom is 0.253 e. The molecule has 1 aliphatic heterocycles. The summed E-state index contributed by atoms with van der Waals surface area (Å²) in [5.41, 5.74) is 3.21. The second kappa shape index (κ2) is 7.31. The lowest BCUT2D eigenvalue weighted by Gasteiger charge is -2.23. The minimum atomic E-state index is -3.03. The number of hydrogen-bond donors (Lipinski definition) is 2. The molecule has 0 radical (unpaired) electrons. The summed E-state index contributed by atoms with van der Waals surface area (Å²) in [5, 5.41) is 6.13. The first-order valence-electron chi connectivity index (χ1n) is 8.97. The van der Waals surface area contributed by atoms with E-state index in [9.17, 15) is 13.2 Å². The highest BCUT2D eigenvalue weighted by atomic mass is 32.2. The second-order valence-electron chi connectivity index (χ2n) is 7.96. The van der Waals surface area contributed by atoms with Crippen LogP contribution >= 0.6 is 0 Å². The summed E-state index contributed by atoms with van der Waals surface area (Å²) in [6, 6.07) is 9.43. The molecular formula is C20H25N3O3S. The van der Waals surface area contributed by atoms with Gasteiger partial charge in [0.15, 0.2) is 9.84 Å². The molecular weight excluding hydrogens is 362 g/mol. The molecule has 1 amide bonds. The zero-order valence-corrected chi connectivity index (χ0v) is 16.6. The molecule has 1 aliphatic rings. The first kappa shape index (κ1) is 19.4. The molecule has 1 saturated heterocycles. The molecule has 0 bridgehead atoms. The molecule has 2 aromatic rings. The number of carbonyl (C=O) groups excluding carboxylic acids is 1. The predicted molar refractivity (Wildman–Crippen MR) is 107 cm³/mol. The van der Waals surface area contributed by atoms with E-state index in [4.69, 9.17) is 0 Å². The van der Waals surface area contributed by atoms with Crippen LogP contribution in [-0.4, -0.2) is 36.9 Å². The Bertz CT molecular complexity index is 949. The Morgan fingerprint density at radius 2 is 1.93 bits per heavy atom. The van der Waals surface area contributed by atoms with Crippen molar-refractivity contribution in [3.8, 4) is 0 Å². The number of anilines is 2. The summed E-state index contributed by atoms with van der Waals surface area (Å²) in [4.78, 5) is 16.6. The summed E-state index contributed by atoms with van der Waals surface area (Å²) < 4.78 is 23.1. The third kappa shape index (κ3) is 4.86. The van der Waals surface area contributed by atoms with E-state index in [0.29, 0.717) is 17.7 Å². The molecule has 1 aromatic heterocycles. The van der Waals surface area contributed by atoms with Crippen LogP contribution < -0.4 is 10.6 Å². The van der Waals surface area contributed by atoms with Crippen molar-refractivity contribution in [3.05, 3.63) is 53.9 Å². The number of sulfone groups is 1. The van der Waals surface area contributed by atoms with E-state index in [0.717, 1.165) is 11.3 Å². The van der Waals surface area contributed by atoms with E-state index in [1.54, 1.807) is 12.3 Å². The van der Waals surface area contributed by atoms with Crippen LogP contribution in [0.5, 0.6) is 0 Å². The van der Waals surface area contributed by atoms with Gasteiger partial charge in [0.25, 0.3) is 5.91 Å². The first-order valence-corrected chi connectivity index (χ1v) is 10.8. The Labute approximate surface area is 160 Å². The molecule has 27 heavy (non-hydrogen) atoms. The number of rotatable bonds is 4. The van der Waals surface area contributed by atoms with Gasteiger partial charge in [-0.3, -0.25) is 9.78 Å². The maximum absolute atomic E-state index is 12.5. The molecule has 1 unspecified atom stereocenters. The highest BCUT2D eigenvalue weighted by molar-refractivity contribution is 7.91. The molecule has 1 fully saturated rings. The van der Waals surface area contributed by atoms with Crippen LogP contribution in [0, 0.1) is 0 Å². The Morgan fingerprint density at radius 3 is 2.59 bits per heavy atom. The van der Waals surface area contributed by atoms with Crippen LogP contribution in [0.15, 0.2) is 42.7 Å². The van der Waals surface area contributed by atoms with E-state index in [-0.39, 0.29) is 28.9 Å². The van der Waals surface area contributed by atoms with Gasteiger partial charge in [-0.2, -0.15) is 0 Å². The van der Waals surface area contributed by atoms with Crippen molar-refractivity contribution in [2.75, 3.05) is 16.8 Å². The standard InChI is InChI=1S/C20H25N3O3S/c1-20(2,3)17-6-4-5-7-18(17)22-16-10-14(11-21-12-16)19(24)23-15-8-9-27(25,26)13-15/h4-7,10-12,15,22H,8-9,13H2,1-3H3,(H,23,24). The lowest BCUT2D eigenvalue weighted by molar-refractivity contribution is 0.0941. The van der Waals surface area contributed by atoms with Gasteiger partial charge >= 0.3 is 0 Å². The highest BCUT2D eigenvalue weighted by Crippen LogP contribution is 2.31. The van der Waals surface area contributed by atoms with Gasteiger partial charge in [-0.25, -0.2) is 8.42 Å². The van der Waals surface area contributed by atoms with Crippen molar-refractivity contribution in [1.82, 2.24) is 10.3 Å². The fraction of sp³-hybridized carbons (Fsp3) is 0.400. The van der Waals surface area contributed by atoms with Crippen LogP contribution in [0.25, 0.3) is 0 Å². The summed E-state index contributed by atoms with van der Waals surface area (Å²) in [6.45, 7) is 6.43. The van der Waals surface area contributed by atoms with Crippen LogP contribution in [0.2, 0.25) is 0 Å². The Balaban J connectivity index is 1.76. The van der Waals surface area contributed by atoms with Crippen molar-refractivity contribution in [1.29, 1.82) is 0 Å². The third-order valence-corrected chi connectivity index (χ3v) is 6.35. The van der Waals surface area contributed by atoms with Crippen molar-refractivity contribution < 1.29 is 13.2 Å². The zero-order valence-electron chi connectivity index (χ0n) is 15.8. The fourth-order valence-corrected chi connectivity index (χ4v) is 4.89. The molecule has 1 atom stereocenters. The van der Waals surface area contributed by atoms with Crippen LogP contribution in [0.3, 0.4) is 0 Å². The quantitative estimate of drug-likeness (QED) is 0.842. The maximum atomic E-state index is 12.5. The topological polar surface area (TPSA) is 88.2 Å². The highest BCUT2D eigenvalue weighted by Gasteiger charge is 2.29. The number of aromatic nitrogens is 1. The summed E-state index contributed by atoms with van der Waals surface area (Å²) >= 11 is 0. The number of pyridine rings is 1. The molecule has 2 heterocycles. The Kier molecular flexibility index (Phi) is 5.24. The number of nitrogens with zero attached hydrogens (tertiary/aromatic N) is 1. The summed E-state index contributed by atoms with van der Waals surface area (Å²) in [5.74, 6) is -0.179. The number of hydrogen-bond acceptors (Lipinski definition) is 5. The fourth-order valence-electron chi connectivity index (χ4n) is 3.21. The molecule has 2 N–H and O–H groups in total. The van der Waals surface area contributed by atoms with Gasteiger partial charge in [0.05, 0.1) is 29.0 Å². The molecule has 3 rings (SSSR count). The number of carbonyl (C=O) groups is 1. The van der Waals surface area contributed by atoms with Gasteiger partial charge in [0, 0.05) is 17.9 Å². The Morgan fingerprint density at radius 1 is 1.19 bits per heavy atom. The SMILES string of the molecule is CC(C)(C)c1ccccc1Nc1cncc(C(=O)NC2CCS(=O)(=O)C2)c1. The van der Waals surface area contributed by atoms with Crippen molar-refractivity contribution in [3.63, 3.8) is 0 Å². The van der Waals surface area contributed by atoms with E-state index in [1.165, 1.54) is 6.20 Å².